The van der Waals surface area contributed by atoms with Crippen molar-refractivity contribution in [3.63, 3.8) is 0 Å². The lowest BCUT2D eigenvalue weighted by atomic mass is 10.2. The number of halogens is 4. The molecule has 0 amide bonds. The largest absolute Gasteiger partial charge is 0.0528 e. The van der Waals surface area contributed by atoms with Crippen molar-refractivity contribution in [2.75, 3.05) is 0 Å². The maximum Gasteiger partial charge on any atom is 0.0276 e. The molecule has 0 aliphatic carbocycles. The Bertz CT molecular complexity index is 663. The van der Waals surface area contributed by atoms with Gasteiger partial charge in [-0.1, -0.05) is 11.8 Å². The SMILES string of the molecule is Ic1cc(I)cc(C#CC#Cc2cc(I)cc(I)c2)c1. The minimum Gasteiger partial charge on any atom is -0.0528 e. The van der Waals surface area contributed by atoms with Crippen LogP contribution in [-0.2, 0) is 0 Å². The Balaban J connectivity index is 2.21. The molecule has 20 heavy (non-hydrogen) atoms. The number of rotatable bonds is 0. The molecular formula is C16H6I4. The second kappa shape index (κ2) is 8.20. The molecule has 0 spiro atoms. The summed E-state index contributed by atoms with van der Waals surface area (Å²) in [4.78, 5) is 0. The third-order valence-corrected chi connectivity index (χ3v) is 4.69. The lowest BCUT2D eigenvalue weighted by Gasteiger charge is -1.94. The maximum absolute atomic E-state index is 3.09. The fourth-order valence-electron chi connectivity index (χ4n) is 1.46. The van der Waals surface area contributed by atoms with Gasteiger partial charge in [0, 0.05) is 25.4 Å². The quantitative estimate of drug-likeness (QED) is 0.251. The second-order valence-corrected chi connectivity index (χ2v) is 8.80. The third-order valence-electron chi connectivity index (χ3n) is 2.20. The Morgan fingerprint density at radius 3 is 1.10 bits per heavy atom. The van der Waals surface area contributed by atoms with Crippen LogP contribution in [0.15, 0.2) is 36.4 Å². The normalized spacial score (nSPS) is 9.20. The van der Waals surface area contributed by atoms with Crippen molar-refractivity contribution < 1.29 is 0 Å². The topological polar surface area (TPSA) is 0 Å². The summed E-state index contributed by atoms with van der Waals surface area (Å²) in [7, 11) is 0. The second-order valence-electron chi connectivity index (χ2n) is 3.82. The van der Waals surface area contributed by atoms with Crippen LogP contribution in [0.4, 0.5) is 0 Å². The highest BCUT2D eigenvalue weighted by Gasteiger charge is 1.94. The van der Waals surface area contributed by atoms with Crippen molar-refractivity contribution in [3.05, 3.63) is 61.8 Å². The summed E-state index contributed by atoms with van der Waals surface area (Å²) in [6.45, 7) is 0. The highest BCUT2D eigenvalue weighted by atomic mass is 127. The minimum absolute atomic E-state index is 1.01. The summed E-state index contributed by atoms with van der Waals surface area (Å²) in [5, 5.41) is 0. The average Bonchev–Trinajstić information content (AvgIpc) is 2.32. The lowest BCUT2D eigenvalue weighted by molar-refractivity contribution is 1.55. The molecule has 98 valence electrons. The smallest absolute Gasteiger partial charge is 0.0276 e. The van der Waals surface area contributed by atoms with Crippen LogP contribution in [0.5, 0.6) is 0 Å². The van der Waals surface area contributed by atoms with Gasteiger partial charge < -0.3 is 0 Å². The Morgan fingerprint density at radius 2 is 0.800 bits per heavy atom. The van der Waals surface area contributed by atoms with Crippen molar-refractivity contribution in [3.8, 4) is 23.7 Å². The number of hydrogen-bond acceptors (Lipinski definition) is 0. The molecule has 0 atom stereocenters. The van der Waals surface area contributed by atoms with Gasteiger partial charge in [-0.3, -0.25) is 0 Å². The van der Waals surface area contributed by atoms with Crippen molar-refractivity contribution in [1.82, 2.24) is 0 Å². The third kappa shape index (κ3) is 5.70. The number of hydrogen-bond donors (Lipinski definition) is 0. The molecule has 0 aliphatic rings. The molecule has 0 saturated heterocycles. The monoisotopic (exact) mass is 706 g/mol. The molecule has 2 aromatic rings. The Labute approximate surface area is 173 Å². The summed E-state index contributed by atoms with van der Waals surface area (Å²) in [5.74, 6) is 12.0. The summed E-state index contributed by atoms with van der Waals surface area (Å²) >= 11 is 9.19. The van der Waals surface area contributed by atoms with Gasteiger partial charge in [0.15, 0.2) is 0 Å². The van der Waals surface area contributed by atoms with E-state index in [0.717, 1.165) is 11.1 Å². The fraction of sp³-hybridized carbons (Fsp3) is 0. The highest BCUT2D eigenvalue weighted by molar-refractivity contribution is 14.1. The van der Waals surface area contributed by atoms with E-state index < -0.39 is 0 Å². The van der Waals surface area contributed by atoms with Crippen LogP contribution in [-0.4, -0.2) is 0 Å². The predicted molar refractivity (Wildman–Crippen MR) is 118 cm³/mol. The van der Waals surface area contributed by atoms with Crippen LogP contribution in [0.3, 0.4) is 0 Å². The first kappa shape index (κ1) is 16.8. The van der Waals surface area contributed by atoms with Crippen molar-refractivity contribution in [2.45, 2.75) is 0 Å². The highest BCUT2D eigenvalue weighted by Crippen LogP contribution is 2.14. The molecule has 0 aromatic heterocycles. The van der Waals surface area contributed by atoms with E-state index in [4.69, 9.17) is 0 Å². The van der Waals surface area contributed by atoms with Gasteiger partial charge in [0.25, 0.3) is 0 Å². The van der Waals surface area contributed by atoms with E-state index in [-0.39, 0.29) is 0 Å². The Morgan fingerprint density at radius 1 is 0.500 bits per heavy atom. The van der Waals surface area contributed by atoms with Crippen molar-refractivity contribution in [1.29, 1.82) is 0 Å². The first-order valence-electron chi connectivity index (χ1n) is 5.47. The summed E-state index contributed by atoms with van der Waals surface area (Å²) in [5.41, 5.74) is 2.01. The average molecular weight is 706 g/mol. The van der Waals surface area contributed by atoms with Crippen molar-refractivity contribution >= 4 is 90.4 Å². The molecule has 0 unspecified atom stereocenters. The molecule has 0 nitrogen and oxygen atoms in total. The van der Waals surface area contributed by atoms with E-state index in [0.29, 0.717) is 0 Å². The molecule has 0 bridgehead atoms. The van der Waals surface area contributed by atoms with E-state index in [1.807, 2.05) is 0 Å². The molecule has 0 saturated carbocycles. The summed E-state index contributed by atoms with van der Waals surface area (Å²) in [6.07, 6.45) is 0. The van der Waals surface area contributed by atoms with Gasteiger partial charge in [-0.2, -0.15) is 0 Å². The van der Waals surface area contributed by atoms with Crippen molar-refractivity contribution in [2.24, 2.45) is 0 Å². The molecule has 0 aliphatic heterocycles. The van der Waals surface area contributed by atoms with Crippen LogP contribution in [0, 0.1) is 38.0 Å². The molecule has 0 fully saturated rings. The van der Waals surface area contributed by atoms with Crippen LogP contribution in [0.2, 0.25) is 0 Å². The molecule has 0 radical (unpaired) electrons. The molecule has 4 heteroatoms. The molecule has 2 rings (SSSR count). The van der Waals surface area contributed by atoms with E-state index >= 15 is 0 Å². The summed E-state index contributed by atoms with van der Waals surface area (Å²) in [6, 6.07) is 12.5. The van der Waals surface area contributed by atoms with E-state index in [9.17, 15) is 0 Å². The van der Waals surface area contributed by atoms with Gasteiger partial charge in [-0.05, 0) is 139 Å². The van der Waals surface area contributed by atoms with Gasteiger partial charge >= 0.3 is 0 Å². The van der Waals surface area contributed by atoms with Gasteiger partial charge in [-0.25, -0.2) is 0 Å². The maximum atomic E-state index is 3.09. The van der Waals surface area contributed by atoms with Crippen LogP contribution in [0.25, 0.3) is 0 Å². The Hall–Kier alpha value is 0.480. The predicted octanol–water partition coefficient (Wildman–Crippen LogP) is 5.51. The molecular weight excluding hydrogens is 700 g/mol. The minimum atomic E-state index is 1.01. The van der Waals surface area contributed by atoms with E-state index in [1.54, 1.807) is 0 Å². The van der Waals surface area contributed by atoms with Gasteiger partial charge in [-0.15, -0.1) is 0 Å². The fourth-order valence-corrected chi connectivity index (χ4v) is 5.33. The first-order valence-corrected chi connectivity index (χ1v) is 9.79. The standard InChI is InChI=1S/C16H6I4/c17-13-5-11(6-14(18)9-13)3-1-2-4-12-7-15(19)10-16(20)8-12/h5-10H. The summed E-state index contributed by atoms with van der Waals surface area (Å²) < 4.78 is 4.77. The zero-order valence-electron chi connectivity index (χ0n) is 9.98. The van der Waals surface area contributed by atoms with E-state index in [2.05, 4.69) is 150 Å². The zero-order chi connectivity index (χ0) is 14.5. The van der Waals surface area contributed by atoms with Gasteiger partial charge in [0.1, 0.15) is 0 Å². The lowest BCUT2D eigenvalue weighted by Crippen LogP contribution is -1.81. The first-order chi connectivity index (χ1) is 9.52. The van der Waals surface area contributed by atoms with Gasteiger partial charge in [0.2, 0.25) is 0 Å². The molecule has 0 heterocycles. The zero-order valence-corrected chi connectivity index (χ0v) is 18.6. The Kier molecular flexibility index (Phi) is 6.91. The van der Waals surface area contributed by atoms with E-state index in [1.165, 1.54) is 14.3 Å². The van der Waals surface area contributed by atoms with Gasteiger partial charge in [0.05, 0.1) is 0 Å². The molecule has 2 aromatic carbocycles. The molecule has 0 N–H and O–H groups in total. The van der Waals surface area contributed by atoms with Crippen LogP contribution < -0.4 is 0 Å². The number of benzene rings is 2. The van der Waals surface area contributed by atoms with Crippen LogP contribution >= 0.6 is 90.4 Å². The van der Waals surface area contributed by atoms with Crippen LogP contribution in [0.1, 0.15) is 11.1 Å².